The van der Waals surface area contributed by atoms with Gasteiger partial charge in [0.15, 0.2) is 0 Å². The van der Waals surface area contributed by atoms with Gasteiger partial charge in [-0.3, -0.25) is 4.79 Å². The third-order valence-electron chi connectivity index (χ3n) is 2.28. The summed E-state index contributed by atoms with van der Waals surface area (Å²) in [6, 6.07) is 4.98. The standard InChI is InChI=1S/C12H9Cl2N3O/c1-7-5-8(6-16-10(7)13)17-12(18)9-3-2-4-15-11(9)14/h2-6H,1H3,(H,17,18). The molecule has 0 aliphatic heterocycles. The molecule has 0 radical (unpaired) electrons. The normalized spacial score (nSPS) is 10.2. The van der Waals surface area contributed by atoms with Gasteiger partial charge in [0.25, 0.3) is 5.91 Å². The van der Waals surface area contributed by atoms with Crippen molar-refractivity contribution in [3.8, 4) is 0 Å². The van der Waals surface area contributed by atoms with Gasteiger partial charge in [-0.1, -0.05) is 23.2 Å². The van der Waals surface area contributed by atoms with E-state index in [2.05, 4.69) is 15.3 Å². The summed E-state index contributed by atoms with van der Waals surface area (Å²) in [5.41, 5.74) is 1.65. The molecule has 2 aromatic heterocycles. The van der Waals surface area contributed by atoms with Crippen LogP contribution in [0, 0.1) is 6.92 Å². The molecule has 4 nitrogen and oxygen atoms in total. The summed E-state index contributed by atoms with van der Waals surface area (Å²) in [6.45, 7) is 1.81. The zero-order valence-corrected chi connectivity index (χ0v) is 11.0. The first-order valence-electron chi connectivity index (χ1n) is 5.12. The Bertz CT molecular complexity index is 602. The van der Waals surface area contributed by atoms with E-state index < -0.39 is 0 Å². The number of anilines is 1. The number of pyridine rings is 2. The third kappa shape index (κ3) is 2.78. The summed E-state index contributed by atoms with van der Waals surface area (Å²) in [7, 11) is 0. The lowest BCUT2D eigenvalue weighted by Gasteiger charge is -2.07. The van der Waals surface area contributed by atoms with Crippen molar-refractivity contribution in [3.05, 3.63) is 52.0 Å². The number of nitrogens with one attached hydrogen (secondary N) is 1. The van der Waals surface area contributed by atoms with E-state index in [1.165, 1.54) is 12.4 Å². The van der Waals surface area contributed by atoms with Gasteiger partial charge in [0, 0.05) is 6.20 Å². The van der Waals surface area contributed by atoms with E-state index >= 15 is 0 Å². The van der Waals surface area contributed by atoms with Crippen LogP contribution in [0.3, 0.4) is 0 Å². The van der Waals surface area contributed by atoms with E-state index in [-0.39, 0.29) is 11.1 Å². The molecule has 18 heavy (non-hydrogen) atoms. The van der Waals surface area contributed by atoms with E-state index in [0.717, 1.165) is 5.56 Å². The van der Waals surface area contributed by atoms with Crippen LogP contribution in [0.2, 0.25) is 10.3 Å². The minimum atomic E-state index is -0.336. The first-order chi connectivity index (χ1) is 8.58. The highest BCUT2D eigenvalue weighted by atomic mass is 35.5. The number of carbonyl (C=O) groups excluding carboxylic acids is 1. The van der Waals surface area contributed by atoms with Crippen LogP contribution < -0.4 is 5.32 Å². The van der Waals surface area contributed by atoms with Crippen LogP contribution in [0.25, 0.3) is 0 Å². The molecule has 0 saturated heterocycles. The molecule has 0 aliphatic carbocycles. The van der Waals surface area contributed by atoms with E-state index in [4.69, 9.17) is 23.2 Å². The fraction of sp³-hybridized carbons (Fsp3) is 0.0833. The molecule has 0 saturated carbocycles. The number of rotatable bonds is 2. The Morgan fingerprint density at radius 3 is 2.72 bits per heavy atom. The summed E-state index contributed by atoms with van der Waals surface area (Å²) in [5.74, 6) is -0.336. The maximum atomic E-state index is 11.9. The highest BCUT2D eigenvalue weighted by Crippen LogP contribution is 2.18. The Morgan fingerprint density at radius 1 is 1.28 bits per heavy atom. The van der Waals surface area contributed by atoms with Crippen LogP contribution in [0.4, 0.5) is 5.69 Å². The third-order valence-corrected chi connectivity index (χ3v) is 2.97. The van der Waals surface area contributed by atoms with Crippen LogP contribution in [0.1, 0.15) is 15.9 Å². The molecule has 0 spiro atoms. The zero-order valence-electron chi connectivity index (χ0n) is 9.45. The molecule has 0 unspecified atom stereocenters. The fourth-order valence-electron chi connectivity index (χ4n) is 1.38. The SMILES string of the molecule is Cc1cc(NC(=O)c2cccnc2Cl)cnc1Cl. The molecule has 2 heterocycles. The molecule has 0 fully saturated rings. The highest BCUT2D eigenvalue weighted by molar-refractivity contribution is 6.33. The van der Waals surface area contributed by atoms with E-state index in [1.807, 2.05) is 6.92 Å². The first kappa shape index (κ1) is 12.8. The number of hydrogen-bond donors (Lipinski definition) is 1. The topological polar surface area (TPSA) is 54.9 Å². The lowest BCUT2D eigenvalue weighted by Crippen LogP contribution is -2.13. The van der Waals surface area contributed by atoms with Crippen molar-refractivity contribution in [3.63, 3.8) is 0 Å². The van der Waals surface area contributed by atoms with Gasteiger partial charge in [0.2, 0.25) is 0 Å². The quantitative estimate of drug-likeness (QED) is 0.859. The van der Waals surface area contributed by atoms with Crippen molar-refractivity contribution in [2.45, 2.75) is 6.92 Å². The molecule has 0 bridgehead atoms. The first-order valence-corrected chi connectivity index (χ1v) is 5.87. The number of carbonyl (C=O) groups is 1. The van der Waals surface area contributed by atoms with Crippen molar-refractivity contribution in [1.29, 1.82) is 0 Å². The van der Waals surface area contributed by atoms with Gasteiger partial charge in [0.05, 0.1) is 17.4 Å². The van der Waals surface area contributed by atoms with Crippen molar-refractivity contribution >= 4 is 34.8 Å². The largest absolute Gasteiger partial charge is 0.320 e. The Kier molecular flexibility index (Phi) is 3.79. The van der Waals surface area contributed by atoms with Gasteiger partial charge < -0.3 is 5.32 Å². The summed E-state index contributed by atoms with van der Waals surface area (Å²) in [6.07, 6.45) is 3.00. The van der Waals surface area contributed by atoms with Gasteiger partial charge in [-0.15, -0.1) is 0 Å². The molecular weight excluding hydrogens is 273 g/mol. The monoisotopic (exact) mass is 281 g/mol. The summed E-state index contributed by atoms with van der Waals surface area (Å²) >= 11 is 11.6. The van der Waals surface area contributed by atoms with Gasteiger partial charge in [-0.25, -0.2) is 9.97 Å². The maximum absolute atomic E-state index is 11.9. The van der Waals surface area contributed by atoms with E-state index in [9.17, 15) is 4.79 Å². The summed E-state index contributed by atoms with van der Waals surface area (Å²) < 4.78 is 0. The van der Waals surface area contributed by atoms with Gasteiger partial charge in [-0.2, -0.15) is 0 Å². The van der Waals surface area contributed by atoms with E-state index in [1.54, 1.807) is 18.2 Å². The van der Waals surface area contributed by atoms with Crippen LogP contribution in [-0.2, 0) is 0 Å². The average molecular weight is 282 g/mol. The predicted octanol–water partition coefficient (Wildman–Crippen LogP) is 3.34. The summed E-state index contributed by atoms with van der Waals surface area (Å²) in [5, 5.41) is 3.25. The number of hydrogen-bond acceptors (Lipinski definition) is 3. The van der Waals surface area contributed by atoms with Crippen molar-refractivity contribution in [2.24, 2.45) is 0 Å². The molecule has 0 aromatic carbocycles. The lowest BCUT2D eigenvalue weighted by molar-refractivity contribution is 0.102. The minimum absolute atomic E-state index is 0.161. The predicted molar refractivity (Wildman–Crippen MR) is 71.2 cm³/mol. The maximum Gasteiger partial charge on any atom is 0.258 e. The van der Waals surface area contributed by atoms with Crippen LogP contribution >= 0.6 is 23.2 Å². The Hall–Kier alpha value is -1.65. The Labute approximate surface area is 114 Å². The Balaban J connectivity index is 2.22. The minimum Gasteiger partial charge on any atom is -0.320 e. The average Bonchev–Trinajstić information content (AvgIpc) is 2.34. The molecule has 0 atom stereocenters. The molecule has 6 heteroatoms. The van der Waals surface area contributed by atoms with Gasteiger partial charge in [-0.05, 0) is 30.7 Å². The Morgan fingerprint density at radius 2 is 2.06 bits per heavy atom. The molecule has 0 aliphatic rings. The number of amides is 1. The number of aryl methyl sites for hydroxylation is 1. The van der Waals surface area contributed by atoms with Crippen molar-refractivity contribution in [2.75, 3.05) is 5.32 Å². The molecule has 2 aromatic rings. The molecular formula is C12H9Cl2N3O. The molecule has 1 amide bonds. The second kappa shape index (κ2) is 5.33. The van der Waals surface area contributed by atoms with Gasteiger partial charge >= 0.3 is 0 Å². The second-order valence-corrected chi connectivity index (χ2v) is 4.34. The summed E-state index contributed by atoms with van der Waals surface area (Å²) in [4.78, 5) is 19.7. The van der Waals surface area contributed by atoms with Gasteiger partial charge in [0.1, 0.15) is 10.3 Å². The second-order valence-electron chi connectivity index (χ2n) is 3.63. The number of aromatic nitrogens is 2. The fourth-order valence-corrected chi connectivity index (χ4v) is 1.69. The molecule has 2 rings (SSSR count). The zero-order chi connectivity index (χ0) is 13.1. The van der Waals surface area contributed by atoms with E-state index in [0.29, 0.717) is 16.4 Å². The van der Waals surface area contributed by atoms with Crippen LogP contribution in [0.5, 0.6) is 0 Å². The molecule has 92 valence electrons. The number of nitrogens with zero attached hydrogens (tertiary/aromatic N) is 2. The smallest absolute Gasteiger partial charge is 0.258 e. The van der Waals surface area contributed by atoms with Crippen LogP contribution in [-0.4, -0.2) is 15.9 Å². The number of halogens is 2. The van der Waals surface area contributed by atoms with Crippen molar-refractivity contribution < 1.29 is 4.79 Å². The highest BCUT2D eigenvalue weighted by Gasteiger charge is 2.11. The van der Waals surface area contributed by atoms with Crippen molar-refractivity contribution in [1.82, 2.24) is 9.97 Å². The lowest BCUT2D eigenvalue weighted by atomic mass is 10.2. The molecule has 1 N–H and O–H groups in total. The van der Waals surface area contributed by atoms with Crippen LogP contribution in [0.15, 0.2) is 30.6 Å².